The van der Waals surface area contributed by atoms with Crippen molar-refractivity contribution < 1.29 is 9.90 Å². The number of nitrogens with zero attached hydrogens (tertiary/aromatic N) is 2. The van der Waals surface area contributed by atoms with Gasteiger partial charge in [-0.2, -0.15) is 0 Å². The zero-order valence-corrected chi connectivity index (χ0v) is 12.0. The molecule has 1 aromatic heterocycles. The number of hydrogen-bond donors (Lipinski definition) is 3. The van der Waals surface area contributed by atoms with E-state index in [1.165, 1.54) is 0 Å². The van der Waals surface area contributed by atoms with Crippen LogP contribution in [0, 0.1) is 0 Å². The molecule has 0 aromatic carbocycles. The highest BCUT2D eigenvalue weighted by Crippen LogP contribution is 2.23. The van der Waals surface area contributed by atoms with Crippen molar-refractivity contribution in [1.29, 1.82) is 0 Å². The van der Waals surface area contributed by atoms with Crippen LogP contribution in [0.15, 0.2) is 6.20 Å². The number of rotatable bonds is 4. The van der Waals surface area contributed by atoms with E-state index in [4.69, 9.17) is 5.73 Å². The summed E-state index contributed by atoms with van der Waals surface area (Å²) in [7, 11) is 0. The lowest BCUT2D eigenvalue weighted by atomic mass is 9.91. The number of carboxylic acid groups (broad SMARTS) is 1. The van der Waals surface area contributed by atoms with Gasteiger partial charge in [-0.15, -0.1) is 0 Å². The van der Waals surface area contributed by atoms with Crippen molar-refractivity contribution in [3.63, 3.8) is 0 Å². The Kier molecular flexibility index (Phi) is 4.54. The van der Waals surface area contributed by atoms with E-state index in [-0.39, 0.29) is 23.7 Å². The van der Waals surface area contributed by atoms with Gasteiger partial charge in [-0.1, -0.05) is 26.7 Å². The second kappa shape index (κ2) is 6.17. The Morgan fingerprint density at radius 3 is 2.75 bits per heavy atom. The molecular formula is C14H22N4O2. The zero-order chi connectivity index (χ0) is 14.7. The van der Waals surface area contributed by atoms with Crippen LogP contribution in [0.25, 0.3) is 0 Å². The molecule has 0 saturated heterocycles. The summed E-state index contributed by atoms with van der Waals surface area (Å²) < 4.78 is 0. The minimum atomic E-state index is -1.04. The summed E-state index contributed by atoms with van der Waals surface area (Å²) in [5, 5.41) is 12.5. The van der Waals surface area contributed by atoms with Gasteiger partial charge in [0.05, 0.1) is 11.9 Å². The van der Waals surface area contributed by atoms with Gasteiger partial charge < -0.3 is 16.2 Å². The molecule has 0 amide bonds. The van der Waals surface area contributed by atoms with Gasteiger partial charge in [0.15, 0.2) is 5.69 Å². The number of nitrogens with two attached hydrogens (primary N) is 1. The summed E-state index contributed by atoms with van der Waals surface area (Å²) in [6, 6.07) is 0.144. The average Bonchev–Trinajstić information content (AvgIpc) is 2.41. The molecule has 1 aromatic rings. The number of carbonyl (C=O) groups is 1. The van der Waals surface area contributed by atoms with E-state index in [9.17, 15) is 9.90 Å². The maximum atomic E-state index is 11.4. The molecule has 1 aliphatic rings. The molecule has 1 fully saturated rings. The molecular weight excluding hydrogens is 256 g/mol. The highest BCUT2D eigenvalue weighted by atomic mass is 16.4. The lowest BCUT2D eigenvalue weighted by Gasteiger charge is -2.30. The van der Waals surface area contributed by atoms with Gasteiger partial charge in [0.25, 0.3) is 0 Å². The Morgan fingerprint density at radius 2 is 2.15 bits per heavy atom. The van der Waals surface area contributed by atoms with E-state index in [0.717, 1.165) is 25.7 Å². The molecule has 110 valence electrons. The highest BCUT2D eigenvalue weighted by molar-refractivity contribution is 5.91. The van der Waals surface area contributed by atoms with Crippen molar-refractivity contribution in [3.8, 4) is 0 Å². The Balaban J connectivity index is 2.24. The standard InChI is InChI=1S/C14H22N4O2/c1-8(2)13-16-7-11(12(18-13)14(19)20)17-10-6-4-3-5-9(10)15/h7-10,17H,3-6,15H2,1-2H3,(H,19,20). The minimum absolute atomic E-state index is 0.0291. The summed E-state index contributed by atoms with van der Waals surface area (Å²) in [6.45, 7) is 3.87. The first kappa shape index (κ1) is 14.7. The van der Waals surface area contributed by atoms with Crippen LogP contribution in [0.5, 0.6) is 0 Å². The van der Waals surface area contributed by atoms with E-state index >= 15 is 0 Å². The van der Waals surface area contributed by atoms with Crippen molar-refractivity contribution in [3.05, 3.63) is 17.7 Å². The molecule has 1 heterocycles. The Morgan fingerprint density at radius 1 is 1.45 bits per heavy atom. The van der Waals surface area contributed by atoms with E-state index < -0.39 is 5.97 Å². The topological polar surface area (TPSA) is 101 Å². The molecule has 2 atom stereocenters. The Labute approximate surface area is 118 Å². The lowest BCUT2D eigenvalue weighted by Crippen LogP contribution is -2.43. The Hall–Kier alpha value is -1.69. The quantitative estimate of drug-likeness (QED) is 0.778. The fourth-order valence-electron chi connectivity index (χ4n) is 2.48. The second-order valence-corrected chi connectivity index (χ2v) is 5.65. The second-order valence-electron chi connectivity index (χ2n) is 5.65. The molecule has 2 rings (SSSR count). The zero-order valence-electron chi connectivity index (χ0n) is 12.0. The smallest absolute Gasteiger partial charge is 0.356 e. The maximum Gasteiger partial charge on any atom is 0.356 e. The first-order valence-corrected chi connectivity index (χ1v) is 7.11. The first-order valence-electron chi connectivity index (χ1n) is 7.11. The maximum absolute atomic E-state index is 11.4. The third-order valence-corrected chi connectivity index (χ3v) is 3.69. The molecule has 0 spiro atoms. The third-order valence-electron chi connectivity index (χ3n) is 3.69. The van der Waals surface area contributed by atoms with Crippen LogP contribution < -0.4 is 11.1 Å². The van der Waals surface area contributed by atoms with Gasteiger partial charge in [0.2, 0.25) is 0 Å². The van der Waals surface area contributed by atoms with E-state index in [0.29, 0.717) is 11.5 Å². The van der Waals surface area contributed by atoms with E-state index in [1.807, 2.05) is 13.8 Å². The number of hydrogen-bond acceptors (Lipinski definition) is 5. The van der Waals surface area contributed by atoms with Crippen LogP contribution in [-0.4, -0.2) is 33.1 Å². The van der Waals surface area contributed by atoms with E-state index in [2.05, 4.69) is 15.3 Å². The number of aromatic nitrogens is 2. The normalized spacial score (nSPS) is 22.8. The lowest BCUT2D eigenvalue weighted by molar-refractivity contribution is 0.0691. The summed E-state index contributed by atoms with van der Waals surface area (Å²) in [4.78, 5) is 19.7. The molecule has 6 heteroatoms. The monoisotopic (exact) mass is 278 g/mol. The fraction of sp³-hybridized carbons (Fsp3) is 0.643. The minimum Gasteiger partial charge on any atom is -0.476 e. The molecule has 6 nitrogen and oxygen atoms in total. The molecule has 1 saturated carbocycles. The first-order chi connectivity index (χ1) is 9.49. The number of aromatic carboxylic acids is 1. The molecule has 0 aliphatic heterocycles. The molecule has 2 unspecified atom stereocenters. The predicted molar refractivity (Wildman–Crippen MR) is 76.9 cm³/mol. The fourth-order valence-corrected chi connectivity index (χ4v) is 2.48. The summed E-state index contributed by atoms with van der Waals surface area (Å²) in [5.41, 5.74) is 6.57. The van der Waals surface area contributed by atoms with Crippen molar-refractivity contribution in [2.75, 3.05) is 5.32 Å². The van der Waals surface area contributed by atoms with Crippen molar-refractivity contribution in [2.24, 2.45) is 5.73 Å². The van der Waals surface area contributed by atoms with Gasteiger partial charge in [0, 0.05) is 18.0 Å². The number of carboxylic acids is 1. The molecule has 1 aliphatic carbocycles. The van der Waals surface area contributed by atoms with E-state index in [1.54, 1.807) is 6.20 Å². The molecule has 4 N–H and O–H groups in total. The number of nitrogens with one attached hydrogen (secondary N) is 1. The predicted octanol–water partition coefficient (Wildman–Crippen LogP) is 1.98. The van der Waals surface area contributed by atoms with Crippen molar-refractivity contribution in [1.82, 2.24) is 9.97 Å². The van der Waals surface area contributed by atoms with Crippen LogP contribution in [0.3, 0.4) is 0 Å². The highest BCUT2D eigenvalue weighted by Gasteiger charge is 2.24. The Bertz CT molecular complexity index is 490. The SMILES string of the molecule is CC(C)c1ncc(NC2CCCCC2N)c(C(=O)O)n1. The van der Waals surface area contributed by atoms with Gasteiger partial charge in [0.1, 0.15) is 5.82 Å². The van der Waals surface area contributed by atoms with Gasteiger partial charge in [-0.3, -0.25) is 0 Å². The largest absolute Gasteiger partial charge is 0.476 e. The average molecular weight is 278 g/mol. The molecule has 0 bridgehead atoms. The summed E-state index contributed by atoms with van der Waals surface area (Å²) in [6.07, 6.45) is 5.72. The number of anilines is 1. The summed E-state index contributed by atoms with van der Waals surface area (Å²) in [5.74, 6) is -0.402. The molecule has 0 radical (unpaired) electrons. The van der Waals surface area contributed by atoms with Crippen LogP contribution >= 0.6 is 0 Å². The van der Waals surface area contributed by atoms with Gasteiger partial charge in [-0.05, 0) is 12.8 Å². The van der Waals surface area contributed by atoms with Gasteiger partial charge in [-0.25, -0.2) is 14.8 Å². The third kappa shape index (κ3) is 3.25. The van der Waals surface area contributed by atoms with Crippen LogP contribution in [0.4, 0.5) is 5.69 Å². The van der Waals surface area contributed by atoms with Crippen LogP contribution in [0.1, 0.15) is 61.8 Å². The summed E-state index contributed by atoms with van der Waals surface area (Å²) >= 11 is 0. The van der Waals surface area contributed by atoms with Gasteiger partial charge >= 0.3 is 5.97 Å². The van der Waals surface area contributed by atoms with Crippen LogP contribution in [-0.2, 0) is 0 Å². The van der Waals surface area contributed by atoms with Crippen molar-refractivity contribution >= 4 is 11.7 Å². The molecule has 20 heavy (non-hydrogen) atoms. The van der Waals surface area contributed by atoms with Crippen molar-refractivity contribution in [2.45, 2.75) is 57.5 Å². The van der Waals surface area contributed by atoms with Crippen LogP contribution in [0.2, 0.25) is 0 Å².